The molecule has 1 saturated heterocycles. The van der Waals surface area contributed by atoms with E-state index < -0.39 is 0 Å². The summed E-state index contributed by atoms with van der Waals surface area (Å²) in [6.45, 7) is 1.29. The molecule has 1 aliphatic heterocycles. The van der Waals surface area contributed by atoms with Gasteiger partial charge in [-0.25, -0.2) is 4.98 Å². The number of methoxy groups -OCH3 is 1. The van der Waals surface area contributed by atoms with Crippen molar-refractivity contribution in [1.29, 1.82) is 0 Å². The molecule has 1 fully saturated rings. The summed E-state index contributed by atoms with van der Waals surface area (Å²) in [4.78, 5) is 26.3. The summed E-state index contributed by atoms with van der Waals surface area (Å²) in [6, 6.07) is 5.61. The summed E-state index contributed by atoms with van der Waals surface area (Å²) in [7, 11) is 1.60. The van der Waals surface area contributed by atoms with Crippen LogP contribution in [0.25, 0.3) is 10.9 Å². The molecule has 3 aromatic rings. The van der Waals surface area contributed by atoms with Gasteiger partial charge in [0.15, 0.2) is 0 Å². The third-order valence-corrected chi connectivity index (χ3v) is 4.53. The van der Waals surface area contributed by atoms with Gasteiger partial charge in [-0.15, -0.1) is 0 Å². The Morgan fingerprint density at radius 3 is 3.04 bits per heavy atom. The number of nitrogens with one attached hydrogen (secondary N) is 1. The van der Waals surface area contributed by atoms with Crippen LogP contribution in [-0.2, 0) is 4.74 Å². The van der Waals surface area contributed by atoms with E-state index in [-0.39, 0.29) is 12.0 Å². The maximum atomic E-state index is 13.1. The molecule has 3 heterocycles. The molecule has 1 amide bonds. The van der Waals surface area contributed by atoms with Gasteiger partial charge in [-0.3, -0.25) is 9.78 Å². The number of H-pyrrole nitrogens is 1. The molecule has 0 radical (unpaired) electrons. The van der Waals surface area contributed by atoms with E-state index in [4.69, 9.17) is 15.2 Å². The number of hydrogen-bond donors (Lipinski definition) is 2. The second-order valence-electron chi connectivity index (χ2n) is 6.05. The largest absolute Gasteiger partial charge is 0.497 e. The lowest BCUT2D eigenvalue weighted by Crippen LogP contribution is -2.42. The van der Waals surface area contributed by atoms with Crippen LogP contribution in [0.2, 0.25) is 0 Å². The highest BCUT2D eigenvalue weighted by Crippen LogP contribution is 2.28. The van der Waals surface area contributed by atoms with Gasteiger partial charge in [0.05, 0.1) is 25.8 Å². The summed E-state index contributed by atoms with van der Waals surface area (Å²) in [5, 5.41) is 0.830. The molecule has 1 atom stereocenters. The lowest BCUT2D eigenvalue weighted by Gasteiger charge is -2.32. The number of nitrogens with two attached hydrogens (primary N) is 1. The number of nitrogens with zero attached hydrogens (tertiary/aromatic N) is 3. The molecule has 4 rings (SSSR count). The van der Waals surface area contributed by atoms with Crippen LogP contribution < -0.4 is 10.5 Å². The highest BCUT2D eigenvalue weighted by molar-refractivity contribution is 6.07. The van der Waals surface area contributed by atoms with Crippen LogP contribution >= 0.6 is 0 Å². The van der Waals surface area contributed by atoms with E-state index >= 15 is 0 Å². The highest BCUT2D eigenvalue weighted by Gasteiger charge is 2.29. The zero-order valence-corrected chi connectivity index (χ0v) is 14.3. The lowest BCUT2D eigenvalue weighted by atomic mass is 10.1. The minimum Gasteiger partial charge on any atom is -0.497 e. The molecular formula is C18H19N5O3. The maximum Gasteiger partial charge on any atom is 0.256 e. The molecule has 2 aromatic heterocycles. The number of rotatable bonds is 3. The Bertz CT molecular complexity index is 955. The second kappa shape index (κ2) is 6.64. The Morgan fingerprint density at radius 2 is 2.23 bits per heavy atom. The minimum absolute atomic E-state index is 0.0692. The molecule has 0 spiro atoms. The SMILES string of the molecule is COc1ccc2[nH]cc(C(=O)N3CCO[C@@H](c4nccnc4N)C3)c2c1. The fourth-order valence-electron chi connectivity index (χ4n) is 3.18. The number of anilines is 1. The van der Waals surface area contributed by atoms with Crippen LogP contribution in [0.5, 0.6) is 5.75 Å². The first kappa shape index (κ1) is 16.3. The molecule has 1 aromatic carbocycles. The average molecular weight is 353 g/mol. The van der Waals surface area contributed by atoms with E-state index in [0.29, 0.717) is 42.5 Å². The maximum absolute atomic E-state index is 13.1. The summed E-state index contributed by atoms with van der Waals surface area (Å²) in [5.41, 5.74) is 7.95. The first-order valence-electron chi connectivity index (χ1n) is 8.29. The highest BCUT2D eigenvalue weighted by atomic mass is 16.5. The minimum atomic E-state index is -0.388. The van der Waals surface area contributed by atoms with Gasteiger partial charge in [0.2, 0.25) is 0 Å². The van der Waals surface area contributed by atoms with Crippen LogP contribution in [0.3, 0.4) is 0 Å². The van der Waals surface area contributed by atoms with Crippen LogP contribution in [0.4, 0.5) is 5.82 Å². The van der Waals surface area contributed by atoms with Crippen molar-refractivity contribution in [3.05, 3.63) is 48.0 Å². The molecule has 0 bridgehead atoms. The van der Waals surface area contributed by atoms with Gasteiger partial charge in [0, 0.05) is 36.0 Å². The number of morpholine rings is 1. The monoisotopic (exact) mass is 353 g/mol. The number of aromatic nitrogens is 3. The smallest absolute Gasteiger partial charge is 0.256 e. The number of carbonyl (C=O) groups is 1. The van der Waals surface area contributed by atoms with E-state index in [1.807, 2.05) is 18.2 Å². The van der Waals surface area contributed by atoms with E-state index in [1.165, 1.54) is 6.20 Å². The van der Waals surface area contributed by atoms with Gasteiger partial charge in [0.1, 0.15) is 23.4 Å². The van der Waals surface area contributed by atoms with Crippen molar-refractivity contribution >= 4 is 22.6 Å². The number of nitrogen functional groups attached to an aromatic ring is 1. The third kappa shape index (κ3) is 2.84. The Labute approximate surface area is 149 Å². The van der Waals surface area contributed by atoms with E-state index in [9.17, 15) is 4.79 Å². The number of ether oxygens (including phenoxy) is 2. The number of fused-ring (bicyclic) bond motifs is 1. The van der Waals surface area contributed by atoms with Crippen LogP contribution in [0.1, 0.15) is 22.2 Å². The van der Waals surface area contributed by atoms with Crippen LogP contribution in [-0.4, -0.2) is 52.6 Å². The third-order valence-electron chi connectivity index (χ3n) is 4.53. The van der Waals surface area contributed by atoms with Gasteiger partial charge >= 0.3 is 0 Å². The van der Waals surface area contributed by atoms with Crippen molar-refractivity contribution < 1.29 is 14.3 Å². The van der Waals surface area contributed by atoms with Gasteiger partial charge in [-0.1, -0.05) is 0 Å². The van der Waals surface area contributed by atoms with Gasteiger partial charge in [-0.05, 0) is 18.2 Å². The molecule has 0 saturated carbocycles. The number of amides is 1. The zero-order chi connectivity index (χ0) is 18.1. The first-order chi connectivity index (χ1) is 12.7. The van der Waals surface area contributed by atoms with Crippen LogP contribution in [0, 0.1) is 0 Å². The van der Waals surface area contributed by atoms with E-state index in [0.717, 1.165) is 10.9 Å². The first-order valence-corrected chi connectivity index (χ1v) is 8.29. The molecule has 1 aliphatic rings. The summed E-state index contributed by atoms with van der Waals surface area (Å²) >= 11 is 0. The quantitative estimate of drug-likeness (QED) is 0.743. The Morgan fingerprint density at radius 1 is 1.38 bits per heavy atom. The Balaban J connectivity index is 1.61. The predicted molar refractivity (Wildman–Crippen MR) is 95.9 cm³/mol. The Hall–Kier alpha value is -3.13. The normalized spacial score (nSPS) is 17.4. The summed E-state index contributed by atoms with van der Waals surface area (Å²) in [6.07, 6.45) is 4.44. The van der Waals surface area contributed by atoms with Crippen molar-refractivity contribution in [2.75, 3.05) is 32.5 Å². The van der Waals surface area contributed by atoms with Crippen molar-refractivity contribution in [3.63, 3.8) is 0 Å². The van der Waals surface area contributed by atoms with Crippen LogP contribution in [0.15, 0.2) is 36.8 Å². The van der Waals surface area contributed by atoms with Gasteiger partial charge in [0.25, 0.3) is 5.91 Å². The van der Waals surface area contributed by atoms with Crippen molar-refractivity contribution in [2.45, 2.75) is 6.10 Å². The number of aromatic amines is 1. The molecule has 26 heavy (non-hydrogen) atoms. The average Bonchev–Trinajstić information content (AvgIpc) is 3.11. The summed E-state index contributed by atoms with van der Waals surface area (Å²) < 4.78 is 11.0. The van der Waals surface area contributed by atoms with Gasteiger partial charge in [-0.2, -0.15) is 0 Å². The predicted octanol–water partition coefficient (Wildman–Crippen LogP) is 1.76. The molecular weight excluding hydrogens is 334 g/mol. The second-order valence-corrected chi connectivity index (χ2v) is 6.05. The van der Waals surface area contributed by atoms with E-state index in [2.05, 4.69) is 15.0 Å². The molecule has 8 heteroatoms. The van der Waals surface area contributed by atoms with Gasteiger partial charge < -0.3 is 25.1 Å². The molecule has 8 nitrogen and oxygen atoms in total. The lowest BCUT2D eigenvalue weighted by molar-refractivity contribution is -0.0244. The Kier molecular flexibility index (Phi) is 4.18. The van der Waals surface area contributed by atoms with Crippen molar-refractivity contribution in [1.82, 2.24) is 19.9 Å². The number of benzene rings is 1. The van der Waals surface area contributed by atoms with Crippen molar-refractivity contribution in [3.8, 4) is 5.75 Å². The zero-order valence-electron chi connectivity index (χ0n) is 14.3. The number of carbonyl (C=O) groups excluding carboxylic acids is 1. The molecule has 0 unspecified atom stereocenters. The molecule has 134 valence electrons. The van der Waals surface area contributed by atoms with Crippen molar-refractivity contribution in [2.24, 2.45) is 0 Å². The molecule has 0 aliphatic carbocycles. The fourth-order valence-corrected chi connectivity index (χ4v) is 3.18. The number of hydrogen-bond acceptors (Lipinski definition) is 6. The van der Waals surface area contributed by atoms with E-state index in [1.54, 1.807) is 24.4 Å². The summed E-state index contributed by atoms with van der Waals surface area (Å²) in [5.74, 6) is 0.960. The molecule has 3 N–H and O–H groups in total. The topological polar surface area (TPSA) is 106 Å². The fraction of sp³-hybridized carbons (Fsp3) is 0.278. The standard InChI is InChI=1S/C18H19N5O3/c1-25-11-2-3-14-12(8-11)13(9-22-14)18(24)23-6-7-26-15(10-23)16-17(19)21-5-4-20-16/h2-5,8-9,15,22H,6-7,10H2,1H3,(H2,19,21)/t15-/m1/s1.